The quantitative estimate of drug-likeness (QED) is 0.655. The van der Waals surface area contributed by atoms with Crippen molar-refractivity contribution in [2.45, 2.75) is 98.3 Å². The average Bonchev–Trinajstić information content (AvgIpc) is 3.01. The van der Waals surface area contributed by atoms with Crippen molar-refractivity contribution in [3.05, 3.63) is 0 Å². The Hall–Kier alpha value is -1.19. The maximum atomic E-state index is 13.2. The van der Waals surface area contributed by atoms with Gasteiger partial charge >= 0.3 is 5.97 Å². The van der Waals surface area contributed by atoms with E-state index in [-0.39, 0.29) is 29.1 Å². The Bertz CT molecular complexity index is 655. The highest BCUT2D eigenvalue weighted by Crippen LogP contribution is 2.66. The summed E-state index contributed by atoms with van der Waals surface area (Å²) >= 11 is 0. The molecule has 0 radical (unpaired) electrons. The first-order chi connectivity index (χ1) is 13.8. The van der Waals surface area contributed by atoms with Crippen molar-refractivity contribution < 1.29 is 19.5 Å². The molecule has 4 fully saturated rings. The summed E-state index contributed by atoms with van der Waals surface area (Å²) < 4.78 is 0. The number of rotatable bonds is 4. The van der Waals surface area contributed by atoms with E-state index in [0.29, 0.717) is 48.6 Å². The van der Waals surface area contributed by atoms with Crippen LogP contribution in [0.3, 0.4) is 0 Å². The molecular weight excluding hydrogens is 364 g/mol. The van der Waals surface area contributed by atoms with E-state index in [1.165, 1.54) is 6.42 Å². The normalized spacial score (nSPS) is 43.5. The standard InChI is InChI=1S/C23H34O4.C2H6/c1-22-11-9-18-21(17(22)7-6-14(22)4-3-5-20(26)27)19(25)13-15-12-16(24)8-10-23(15,18)2;1-2/h14-15,17-18,21H,3-13H2,1-2H3,(H,26,27);1-2H3/t14-,15?,17?,18?,21?,22?,23?;/m0./s1. The molecule has 0 aromatic heterocycles. The average molecular weight is 405 g/mol. The Morgan fingerprint density at radius 3 is 2.38 bits per heavy atom. The molecule has 4 rings (SSSR count). The van der Waals surface area contributed by atoms with E-state index in [2.05, 4.69) is 13.8 Å². The number of carbonyl (C=O) groups excluding carboxylic acids is 2. The fourth-order valence-corrected chi connectivity index (χ4v) is 7.81. The Kier molecular flexibility index (Phi) is 6.60. The van der Waals surface area contributed by atoms with Gasteiger partial charge in [0.25, 0.3) is 0 Å². The number of carboxylic acid groups (broad SMARTS) is 1. The highest BCUT2D eigenvalue weighted by atomic mass is 16.4. The van der Waals surface area contributed by atoms with Gasteiger partial charge in [0.15, 0.2) is 0 Å². The van der Waals surface area contributed by atoms with Gasteiger partial charge in [-0.25, -0.2) is 0 Å². The van der Waals surface area contributed by atoms with E-state index in [1.54, 1.807) is 0 Å². The third-order valence-corrected chi connectivity index (χ3v) is 9.43. The minimum absolute atomic E-state index is 0.162. The van der Waals surface area contributed by atoms with Crippen LogP contribution < -0.4 is 0 Å². The third kappa shape index (κ3) is 3.81. The van der Waals surface area contributed by atoms with Crippen LogP contribution in [0.25, 0.3) is 0 Å². The van der Waals surface area contributed by atoms with Crippen LogP contribution in [0.2, 0.25) is 0 Å². The van der Waals surface area contributed by atoms with E-state index in [0.717, 1.165) is 38.5 Å². The van der Waals surface area contributed by atoms with Gasteiger partial charge in [-0.1, -0.05) is 27.7 Å². The molecule has 4 aliphatic carbocycles. The van der Waals surface area contributed by atoms with Crippen LogP contribution in [-0.4, -0.2) is 22.6 Å². The molecule has 0 bridgehead atoms. The minimum atomic E-state index is -0.702. The lowest BCUT2D eigenvalue weighted by Gasteiger charge is -2.59. The van der Waals surface area contributed by atoms with Crippen molar-refractivity contribution in [3.63, 3.8) is 0 Å². The summed E-state index contributed by atoms with van der Waals surface area (Å²) in [5.41, 5.74) is 0.359. The van der Waals surface area contributed by atoms with Crippen LogP contribution in [0.4, 0.5) is 0 Å². The Balaban J connectivity index is 0.00000117. The van der Waals surface area contributed by atoms with Crippen molar-refractivity contribution in [2.24, 2.45) is 40.4 Å². The molecule has 0 heterocycles. The van der Waals surface area contributed by atoms with Crippen LogP contribution >= 0.6 is 0 Å². The van der Waals surface area contributed by atoms with E-state index in [1.807, 2.05) is 13.8 Å². The molecule has 0 aromatic carbocycles. The summed E-state index contributed by atoms with van der Waals surface area (Å²) in [6.45, 7) is 8.76. The van der Waals surface area contributed by atoms with E-state index >= 15 is 0 Å². The van der Waals surface area contributed by atoms with Gasteiger partial charge in [0.1, 0.15) is 11.6 Å². The zero-order valence-electron chi connectivity index (χ0n) is 18.8. The van der Waals surface area contributed by atoms with Crippen molar-refractivity contribution in [3.8, 4) is 0 Å². The Labute approximate surface area is 176 Å². The van der Waals surface area contributed by atoms with Gasteiger partial charge in [-0.05, 0) is 79.4 Å². The number of Topliss-reactive ketones (excluding diaryl/α,β-unsaturated/α-hetero) is 2. The first kappa shape index (κ1) is 22.5. The Morgan fingerprint density at radius 2 is 1.69 bits per heavy atom. The zero-order chi connectivity index (χ0) is 21.4. The van der Waals surface area contributed by atoms with E-state index < -0.39 is 5.97 Å². The van der Waals surface area contributed by atoms with Crippen molar-refractivity contribution in [2.75, 3.05) is 0 Å². The zero-order valence-corrected chi connectivity index (χ0v) is 18.8. The summed E-state index contributed by atoms with van der Waals surface area (Å²) in [6, 6.07) is 0. The second-order valence-electron chi connectivity index (χ2n) is 10.5. The van der Waals surface area contributed by atoms with Gasteiger partial charge in [-0.15, -0.1) is 0 Å². The SMILES string of the molecule is CC.CC12CCC(=O)CC1CC(=O)C1C2CCC2(C)C1CC[C@@H]2CCCC(=O)O. The number of fused-ring (bicyclic) bond motifs is 5. The molecule has 4 aliphatic rings. The highest BCUT2D eigenvalue weighted by molar-refractivity contribution is 5.86. The van der Waals surface area contributed by atoms with Crippen LogP contribution in [0, 0.1) is 40.4 Å². The number of hydrogen-bond donors (Lipinski definition) is 1. The molecule has 164 valence electrons. The predicted octanol–water partition coefficient (Wildman–Crippen LogP) is 5.67. The third-order valence-electron chi connectivity index (χ3n) is 9.43. The maximum Gasteiger partial charge on any atom is 0.303 e. The minimum Gasteiger partial charge on any atom is -0.481 e. The van der Waals surface area contributed by atoms with Gasteiger partial charge in [0.05, 0.1) is 0 Å². The molecule has 4 heteroatoms. The molecule has 0 saturated heterocycles. The van der Waals surface area contributed by atoms with Crippen molar-refractivity contribution in [1.82, 2.24) is 0 Å². The van der Waals surface area contributed by atoms with Crippen molar-refractivity contribution >= 4 is 17.5 Å². The molecular formula is C25H40O4. The van der Waals surface area contributed by atoms with E-state index in [9.17, 15) is 14.4 Å². The number of ketones is 2. The maximum absolute atomic E-state index is 13.2. The molecule has 1 N–H and O–H groups in total. The largest absolute Gasteiger partial charge is 0.481 e. The predicted molar refractivity (Wildman–Crippen MR) is 113 cm³/mol. The molecule has 29 heavy (non-hydrogen) atoms. The summed E-state index contributed by atoms with van der Waals surface area (Å²) in [6.07, 6.45) is 9.45. The molecule has 6 unspecified atom stereocenters. The van der Waals surface area contributed by atoms with Crippen LogP contribution in [0.5, 0.6) is 0 Å². The summed E-state index contributed by atoms with van der Waals surface area (Å²) in [5.74, 6) is 2.01. The molecule has 0 aromatic rings. The van der Waals surface area contributed by atoms with Gasteiger partial charge in [0, 0.05) is 31.6 Å². The lowest BCUT2D eigenvalue weighted by atomic mass is 9.44. The number of aliphatic carboxylic acids is 1. The monoisotopic (exact) mass is 404 g/mol. The molecule has 0 aliphatic heterocycles. The first-order valence-electron chi connectivity index (χ1n) is 12.0. The first-order valence-corrected chi connectivity index (χ1v) is 12.0. The highest BCUT2D eigenvalue weighted by Gasteiger charge is 2.62. The lowest BCUT2D eigenvalue weighted by Crippen LogP contribution is -2.56. The smallest absolute Gasteiger partial charge is 0.303 e. The van der Waals surface area contributed by atoms with E-state index in [4.69, 9.17) is 5.11 Å². The molecule has 0 amide bonds. The number of carboxylic acids is 1. The topological polar surface area (TPSA) is 71.4 Å². The molecule has 4 nitrogen and oxygen atoms in total. The van der Waals surface area contributed by atoms with Gasteiger partial charge in [-0.2, -0.15) is 0 Å². The molecule has 0 spiro atoms. The number of hydrogen-bond acceptors (Lipinski definition) is 3. The van der Waals surface area contributed by atoms with Gasteiger partial charge in [-0.3, -0.25) is 14.4 Å². The summed E-state index contributed by atoms with van der Waals surface area (Å²) in [4.78, 5) is 36.1. The Morgan fingerprint density at radius 1 is 1.00 bits per heavy atom. The second kappa shape index (κ2) is 8.51. The summed E-state index contributed by atoms with van der Waals surface area (Å²) in [5, 5.41) is 8.96. The van der Waals surface area contributed by atoms with Crippen LogP contribution in [0.1, 0.15) is 98.3 Å². The second-order valence-corrected chi connectivity index (χ2v) is 10.5. The summed E-state index contributed by atoms with van der Waals surface area (Å²) in [7, 11) is 0. The molecule has 4 saturated carbocycles. The van der Waals surface area contributed by atoms with Crippen LogP contribution in [-0.2, 0) is 14.4 Å². The van der Waals surface area contributed by atoms with Crippen molar-refractivity contribution in [1.29, 1.82) is 0 Å². The molecule has 7 atom stereocenters. The fraction of sp³-hybridized carbons (Fsp3) is 0.880. The van der Waals surface area contributed by atoms with Crippen LogP contribution in [0.15, 0.2) is 0 Å². The fourth-order valence-electron chi connectivity index (χ4n) is 7.81. The number of carbonyl (C=O) groups is 3. The van der Waals surface area contributed by atoms with Gasteiger partial charge in [0.2, 0.25) is 0 Å². The van der Waals surface area contributed by atoms with Gasteiger partial charge < -0.3 is 5.11 Å². The lowest BCUT2D eigenvalue weighted by molar-refractivity contribution is -0.158.